The van der Waals surface area contributed by atoms with Gasteiger partial charge in [-0.25, -0.2) is 9.59 Å². The van der Waals surface area contributed by atoms with Crippen LogP contribution in [0.15, 0.2) is 0 Å². The molecule has 6 heteroatoms. The number of hydrogen-bond donors (Lipinski definition) is 2. The smallest absolute Gasteiger partial charge is 0.316 e. The number of unbranched alkanes of at least 4 members (excludes halogenated alkanes) is 2. The lowest BCUT2D eigenvalue weighted by Gasteiger charge is -2.48. The van der Waals surface area contributed by atoms with Gasteiger partial charge in [-0.2, -0.15) is 0 Å². The van der Waals surface area contributed by atoms with Gasteiger partial charge in [0.05, 0.1) is 0 Å². The molecular weight excluding hydrogens is 352 g/mol. The minimum absolute atomic E-state index is 0.107. The molecule has 0 heterocycles. The predicted octanol–water partition coefficient (Wildman–Crippen LogP) is 4.81. The van der Waals surface area contributed by atoms with Crippen LogP contribution in [0.25, 0.3) is 0 Å². The summed E-state index contributed by atoms with van der Waals surface area (Å²) in [5.74, 6) is 1.15. The van der Waals surface area contributed by atoms with Gasteiger partial charge in [-0.3, -0.25) is 0 Å². The molecule has 4 amide bonds. The van der Waals surface area contributed by atoms with Crippen LogP contribution in [-0.2, 0) is 0 Å². The van der Waals surface area contributed by atoms with Crippen molar-refractivity contribution in [3.05, 3.63) is 0 Å². The predicted molar refractivity (Wildman–Crippen MR) is 114 cm³/mol. The first-order valence-electron chi connectivity index (χ1n) is 11.5. The summed E-state index contributed by atoms with van der Waals surface area (Å²) in [6.07, 6.45) is 12.0. The molecule has 0 saturated heterocycles. The fourth-order valence-electron chi connectivity index (χ4n) is 5.44. The second-order valence-corrected chi connectivity index (χ2v) is 9.32. The minimum Gasteiger partial charge on any atom is -0.351 e. The fourth-order valence-corrected chi connectivity index (χ4v) is 5.44. The molecule has 0 aromatic carbocycles. The average molecular weight is 395 g/mol. The molecule has 0 radical (unpaired) electrons. The lowest BCUT2D eigenvalue weighted by Crippen LogP contribution is -2.62. The summed E-state index contributed by atoms with van der Waals surface area (Å²) in [5.41, 5.74) is 11.8. The van der Waals surface area contributed by atoms with E-state index in [0.717, 1.165) is 64.2 Å². The van der Waals surface area contributed by atoms with E-state index < -0.39 is 12.1 Å². The molecule has 162 valence electrons. The third-order valence-electron chi connectivity index (χ3n) is 6.82. The Bertz CT molecular complexity index is 473. The summed E-state index contributed by atoms with van der Waals surface area (Å²) in [4.78, 5) is 28.9. The maximum Gasteiger partial charge on any atom is 0.316 e. The van der Waals surface area contributed by atoms with Crippen LogP contribution in [0.1, 0.15) is 97.8 Å². The van der Waals surface area contributed by atoms with Crippen LogP contribution in [0.2, 0.25) is 0 Å². The Morgan fingerprint density at radius 2 is 1.32 bits per heavy atom. The van der Waals surface area contributed by atoms with E-state index in [4.69, 9.17) is 11.5 Å². The van der Waals surface area contributed by atoms with E-state index in [0.29, 0.717) is 11.8 Å². The zero-order valence-electron chi connectivity index (χ0n) is 18.2. The monoisotopic (exact) mass is 394 g/mol. The zero-order valence-corrected chi connectivity index (χ0v) is 18.2. The molecular formula is C22H42N4O2. The van der Waals surface area contributed by atoms with Gasteiger partial charge >= 0.3 is 12.1 Å². The Morgan fingerprint density at radius 1 is 0.857 bits per heavy atom. The van der Waals surface area contributed by atoms with E-state index in [1.54, 1.807) is 0 Å². The van der Waals surface area contributed by atoms with E-state index in [2.05, 4.69) is 20.8 Å². The van der Waals surface area contributed by atoms with Crippen molar-refractivity contribution in [3.8, 4) is 0 Å². The fraction of sp³-hybridized carbons (Fsp3) is 0.909. The molecule has 28 heavy (non-hydrogen) atoms. The molecule has 2 rings (SSSR count). The Hall–Kier alpha value is -1.46. The van der Waals surface area contributed by atoms with E-state index in [1.165, 1.54) is 12.8 Å². The molecule has 4 atom stereocenters. The van der Waals surface area contributed by atoms with Crippen molar-refractivity contribution in [2.45, 2.75) is 116 Å². The molecule has 0 spiro atoms. The number of amides is 4. The Balaban J connectivity index is 2.31. The van der Waals surface area contributed by atoms with Gasteiger partial charge in [-0.15, -0.1) is 0 Å². The highest BCUT2D eigenvalue weighted by Crippen LogP contribution is 2.34. The summed E-state index contributed by atoms with van der Waals surface area (Å²) >= 11 is 0. The molecule has 6 nitrogen and oxygen atoms in total. The molecule has 4 unspecified atom stereocenters. The molecule has 2 fully saturated rings. The number of rotatable bonds is 8. The van der Waals surface area contributed by atoms with Crippen molar-refractivity contribution in [2.75, 3.05) is 0 Å². The molecule has 0 aliphatic heterocycles. The van der Waals surface area contributed by atoms with E-state index in [9.17, 15) is 9.59 Å². The van der Waals surface area contributed by atoms with Crippen molar-refractivity contribution < 1.29 is 9.59 Å². The second kappa shape index (κ2) is 10.9. The molecule has 2 aliphatic carbocycles. The lowest BCUT2D eigenvalue weighted by molar-refractivity contribution is 0.0102. The number of hydrogen-bond acceptors (Lipinski definition) is 2. The van der Waals surface area contributed by atoms with Crippen LogP contribution in [-0.4, -0.2) is 40.1 Å². The molecule has 0 bridgehead atoms. The van der Waals surface area contributed by atoms with Crippen molar-refractivity contribution in [1.82, 2.24) is 9.80 Å². The quantitative estimate of drug-likeness (QED) is 0.456. The summed E-state index contributed by atoms with van der Waals surface area (Å²) in [6, 6.07) is -0.599. The molecule has 0 aromatic rings. The summed E-state index contributed by atoms with van der Waals surface area (Å²) < 4.78 is 0. The first kappa shape index (κ1) is 22.8. The van der Waals surface area contributed by atoms with Gasteiger partial charge in [0.25, 0.3) is 0 Å². The second-order valence-electron chi connectivity index (χ2n) is 9.32. The molecule has 2 aliphatic rings. The Labute approximate surface area is 171 Å². The summed E-state index contributed by atoms with van der Waals surface area (Å²) in [7, 11) is 0. The highest BCUT2D eigenvalue weighted by Gasteiger charge is 2.40. The van der Waals surface area contributed by atoms with Crippen LogP contribution < -0.4 is 11.5 Å². The normalized spacial score (nSPS) is 29.1. The summed E-state index contributed by atoms with van der Waals surface area (Å²) in [5, 5.41) is 0. The van der Waals surface area contributed by atoms with E-state index in [-0.39, 0.29) is 18.2 Å². The number of primary amides is 2. The maximum absolute atomic E-state index is 12.6. The average Bonchev–Trinajstić information content (AvgIpc) is 2.61. The molecule has 4 N–H and O–H groups in total. The third-order valence-corrected chi connectivity index (χ3v) is 6.82. The maximum atomic E-state index is 12.6. The van der Waals surface area contributed by atoms with E-state index in [1.807, 2.05) is 9.80 Å². The number of nitrogens with two attached hydrogens (primary N) is 2. The van der Waals surface area contributed by atoms with Gasteiger partial charge in [-0.1, -0.05) is 59.3 Å². The van der Waals surface area contributed by atoms with Crippen molar-refractivity contribution in [2.24, 2.45) is 23.3 Å². The largest absolute Gasteiger partial charge is 0.351 e. The van der Waals surface area contributed by atoms with E-state index >= 15 is 0 Å². The highest BCUT2D eigenvalue weighted by molar-refractivity contribution is 5.76. The Morgan fingerprint density at radius 3 is 1.68 bits per heavy atom. The van der Waals surface area contributed by atoms with Crippen LogP contribution in [0.3, 0.4) is 0 Å². The van der Waals surface area contributed by atoms with Crippen molar-refractivity contribution >= 4 is 12.1 Å². The molecule has 0 aromatic heterocycles. The summed E-state index contributed by atoms with van der Waals surface area (Å²) in [6.45, 7) is 6.65. The topological polar surface area (TPSA) is 92.7 Å². The Kier molecular flexibility index (Phi) is 8.90. The van der Waals surface area contributed by atoms with Crippen molar-refractivity contribution in [1.29, 1.82) is 0 Å². The zero-order chi connectivity index (χ0) is 20.7. The number of carbonyl (C=O) groups excluding carboxylic acids is 2. The van der Waals surface area contributed by atoms with Gasteiger partial charge in [-0.05, 0) is 50.4 Å². The first-order chi connectivity index (χ1) is 13.3. The van der Waals surface area contributed by atoms with Gasteiger partial charge in [0.15, 0.2) is 0 Å². The van der Waals surface area contributed by atoms with Crippen LogP contribution in [0.4, 0.5) is 9.59 Å². The molecule has 2 saturated carbocycles. The van der Waals surface area contributed by atoms with Gasteiger partial charge < -0.3 is 21.3 Å². The van der Waals surface area contributed by atoms with Crippen LogP contribution >= 0.6 is 0 Å². The number of nitrogens with zero attached hydrogens (tertiary/aromatic N) is 2. The minimum atomic E-state index is -0.407. The van der Waals surface area contributed by atoms with Crippen LogP contribution in [0.5, 0.6) is 0 Å². The first-order valence-corrected chi connectivity index (χ1v) is 11.5. The lowest BCUT2D eigenvalue weighted by atomic mass is 9.84. The standard InChI is InChI=1S/C22H42N4O2/c1-4-5-6-13-20(25(21(23)27)18-11-7-9-16(2)14-18)26(22(24)28)19-12-8-10-17(3)15-19/h16-20H,4-15H2,1-3H3,(H2,23,27)(H2,24,28). The third kappa shape index (κ3) is 6.02. The van der Waals surface area contributed by atoms with Gasteiger partial charge in [0, 0.05) is 12.1 Å². The number of carbonyl (C=O) groups is 2. The number of urea groups is 2. The SMILES string of the molecule is CCCCCC(N(C(N)=O)C1CCCC(C)C1)N(C(N)=O)C1CCCC(C)C1. The highest BCUT2D eigenvalue weighted by atomic mass is 16.2. The van der Waals surface area contributed by atoms with Crippen LogP contribution in [0, 0.1) is 11.8 Å². The van der Waals surface area contributed by atoms with Gasteiger partial charge in [0.2, 0.25) is 0 Å². The van der Waals surface area contributed by atoms with Crippen molar-refractivity contribution in [3.63, 3.8) is 0 Å². The van der Waals surface area contributed by atoms with Gasteiger partial charge in [0.1, 0.15) is 6.17 Å².